The lowest BCUT2D eigenvalue weighted by Crippen LogP contribution is -2.31. The number of aliphatic hydroxyl groups is 1. The second kappa shape index (κ2) is 12.5. The molecule has 9 heteroatoms. The molecule has 3 aromatic rings. The van der Waals surface area contributed by atoms with Crippen molar-refractivity contribution in [3.63, 3.8) is 0 Å². The number of benzene rings is 3. The summed E-state index contributed by atoms with van der Waals surface area (Å²) in [6.07, 6.45) is 0.341. The highest BCUT2D eigenvalue weighted by Gasteiger charge is 2.46. The lowest BCUT2D eigenvalue weighted by Gasteiger charge is -2.26. The van der Waals surface area contributed by atoms with Crippen LogP contribution >= 0.6 is 0 Å². The molecule has 0 saturated carbocycles. The number of carbonyl (C=O) groups excluding carboxylic acids is 2. The molecule has 4 rings (SSSR count). The second-order valence-corrected chi connectivity index (χ2v) is 9.05. The van der Waals surface area contributed by atoms with Crippen molar-refractivity contribution in [2.75, 3.05) is 26.4 Å². The highest BCUT2D eigenvalue weighted by Crippen LogP contribution is 2.43. The number of carbonyl (C=O) groups is 2. The number of hydrogen-bond acceptors (Lipinski definition) is 7. The average Bonchev–Trinajstić information content (AvgIpc) is 3.19. The van der Waals surface area contributed by atoms with Crippen LogP contribution in [0, 0.1) is 5.82 Å². The molecule has 0 aromatic heterocycles. The summed E-state index contributed by atoms with van der Waals surface area (Å²) in [5.41, 5.74) is 1.34. The molecule has 1 fully saturated rings. The van der Waals surface area contributed by atoms with Crippen LogP contribution in [0.2, 0.25) is 0 Å². The Balaban J connectivity index is 1.84. The van der Waals surface area contributed by atoms with Gasteiger partial charge in [0.05, 0.1) is 37.0 Å². The monoisotopic (exact) mass is 549 g/mol. The highest BCUT2D eigenvalue weighted by atomic mass is 19.1. The third kappa shape index (κ3) is 5.88. The van der Waals surface area contributed by atoms with Crippen LogP contribution in [0.1, 0.15) is 43.5 Å². The van der Waals surface area contributed by atoms with Gasteiger partial charge in [-0.2, -0.15) is 0 Å². The van der Waals surface area contributed by atoms with Crippen molar-refractivity contribution in [1.29, 1.82) is 0 Å². The van der Waals surface area contributed by atoms with Crippen LogP contribution in [-0.4, -0.2) is 53.2 Å². The number of nitrogens with zero attached hydrogens (tertiary/aromatic N) is 1. The molecular formula is C31H32FNO7. The molecule has 40 heavy (non-hydrogen) atoms. The number of hydrogen-bond donors (Lipinski definition) is 2. The SMILES string of the molecule is CCOc1ccc(/C(O)=C2\C(=O)C(=O)N(CCc3ccc(F)cc3)C2c2ccc(O)c(OCC)c2)c(OCC)c1. The van der Waals surface area contributed by atoms with E-state index in [1.807, 2.05) is 6.92 Å². The van der Waals surface area contributed by atoms with Gasteiger partial charge in [-0.05, 0) is 74.7 Å². The fourth-order valence-electron chi connectivity index (χ4n) is 4.70. The van der Waals surface area contributed by atoms with E-state index in [9.17, 15) is 24.2 Å². The predicted molar refractivity (Wildman–Crippen MR) is 147 cm³/mol. The van der Waals surface area contributed by atoms with Crippen molar-refractivity contribution < 1.29 is 38.4 Å². The van der Waals surface area contributed by atoms with E-state index in [0.29, 0.717) is 36.7 Å². The number of aliphatic hydroxyl groups excluding tert-OH is 1. The van der Waals surface area contributed by atoms with Crippen LogP contribution in [0.5, 0.6) is 23.0 Å². The molecule has 1 heterocycles. The standard InChI is InChI=1S/C31H32FNO7/c1-4-38-22-12-13-23(25(18-22)39-5-2)29(35)27-28(20-9-14-24(34)26(17-20)40-6-3)33(31(37)30(27)36)16-15-19-7-10-21(32)11-8-19/h7-14,17-18,28,34-35H,4-6,15-16H2,1-3H3/b29-27+. The van der Waals surface area contributed by atoms with Crippen LogP contribution in [0.4, 0.5) is 4.39 Å². The maximum Gasteiger partial charge on any atom is 0.295 e. The number of phenolic OH excluding ortho intramolecular Hbond substituents is 1. The van der Waals surface area contributed by atoms with Crippen LogP contribution in [-0.2, 0) is 16.0 Å². The molecule has 0 aliphatic carbocycles. The summed E-state index contributed by atoms with van der Waals surface area (Å²) >= 11 is 0. The first-order chi connectivity index (χ1) is 19.3. The number of aromatic hydroxyl groups is 1. The van der Waals surface area contributed by atoms with Crippen molar-refractivity contribution in [2.24, 2.45) is 0 Å². The van der Waals surface area contributed by atoms with Crippen molar-refractivity contribution in [3.05, 3.63) is 88.7 Å². The Kier molecular flexibility index (Phi) is 8.93. The first kappa shape index (κ1) is 28.5. The Morgan fingerprint density at radius 2 is 1.55 bits per heavy atom. The molecule has 1 unspecified atom stereocenters. The fraction of sp³-hybridized carbons (Fsp3) is 0.290. The Bertz CT molecular complexity index is 1420. The smallest absolute Gasteiger partial charge is 0.295 e. The summed E-state index contributed by atoms with van der Waals surface area (Å²) in [5.74, 6) is -1.52. The van der Waals surface area contributed by atoms with E-state index in [4.69, 9.17) is 14.2 Å². The first-order valence-electron chi connectivity index (χ1n) is 13.2. The van der Waals surface area contributed by atoms with Gasteiger partial charge in [0.2, 0.25) is 0 Å². The molecule has 210 valence electrons. The minimum Gasteiger partial charge on any atom is -0.507 e. The summed E-state index contributed by atoms with van der Waals surface area (Å²) in [5, 5.41) is 21.8. The van der Waals surface area contributed by atoms with Crippen LogP contribution < -0.4 is 14.2 Å². The Hall–Kier alpha value is -4.53. The number of rotatable bonds is 11. The zero-order chi connectivity index (χ0) is 28.8. The van der Waals surface area contributed by atoms with Crippen LogP contribution in [0.15, 0.2) is 66.2 Å². The van der Waals surface area contributed by atoms with Gasteiger partial charge >= 0.3 is 0 Å². The molecule has 1 atom stereocenters. The molecule has 2 N–H and O–H groups in total. The molecule has 0 bridgehead atoms. The molecule has 1 amide bonds. The summed E-state index contributed by atoms with van der Waals surface area (Å²) in [7, 11) is 0. The van der Waals surface area contributed by atoms with Gasteiger partial charge in [0.1, 0.15) is 23.1 Å². The van der Waals surface area contributed by atoms with Crippen molar-refractivity contribution in [2.45, 2.75) is 33.2 Å². The van der Waals surface area contributed by atoms with Gasteiger partial charge in [-0.3, -0.25) is 9.59 Å². The summed E-state index contributed by atoms with van der Waals surface area (Å²) in [4.78, 5) is 28.2. The molecule has 8 nitrogen and oxygen atoms in total. The Morgan fingerprint density at radius 1 is 0.875 bits per heavy atom. The van der Waals surface area contributed by atoms with Gasteiger partial charge in [0.15, 0.2) is 11.5 Å². The number of likely N-dealkylation sites (tertiary alicyclic amines) is 1. The third-order valence-corrected chi connectivity index (χ3v) is 6.51. The maximum absolute atomic E-state index is 13.5. The van der Waals surface area contributed by atoms with Gasteiger partial charge in [0.25, 0.3) is 11.7 Å². The molecule has 1 saturated heterocycles. The highest BCUT2D eigenvalue weighted by molar-refractivity contribution is 6.46. The number of ether oxygens (including phenoxy) is 3. The quantitative estimate of drug-likeness (QED) is 0.188. The van der Waals surface area contributed by atoms with Crippen LogP contribution in [0.3, 0.4) is 0 Å². The summed E-state index contributed by atoms with van der Waals surface area (Å²) in [6, 6.07) is 14.3. The topological polar surface area (TPSA) is 106 Å². The lowest BCUT2D eigenvalue weighted by molar-refractivity contribution is -0.139. The largest absolute Gasteiger partial charge is 0.507 e. The van der Waals surface area contributed by atoms with E-state index in [2.05, 4.69) is 0 Å². The average molecular weight is 550 g/mol. The van der Waals surface area contributed by atoms with Crippen molar-refractivity contribution >= 4 is 17.4 Å². The lowest BCUT2D eigenvalue weighted by atomic mass is 9.94. The molecule has 1 aliphatic heterocycles. The second-order valence-electron chi connectivity index (χ2n) is 9.05. The van der Waals surface area contributed by atoms with E-state index in [1.165, 1.54) is 23.1 Å². The minimum atomic E-state index is -0.985. The van der Waals surface area contributed by atoms with Gasteiger partial charge in [-0.25, -0.2) is 4.39 Å². The van der Waals surface area contributed by atoms with E-state index in [-0.39, 0.29) is 41.6 Å². The van der Waals surface area contributed by atoms with Gasteiger partial charge in [0, 0.05) is 12.6 Å². The molecular weight excluding hydrogens is 517 g/mol. The summed E-state index contributed by atoms with van der Waals surface area (Å²) < 4.78 is 30.3. The molecule has 1 aliphatic rings. The zero-order valence-corrected chi connectivity index (χ0v) is 22.6. The number of halogens is 1. The summed E-state index contributed by atoms with van der Waals surface area (Å²) in [6.45, 7) is 6.52. The van der Waals surface area contributed by atoms with Gasteiger partial charge < -0.3 is 29.3 Å². The van der Waals surface area contributed by atoms with Gasteiger partial charge in [-0.15, -0.1) is 0 Å². The predicted octanol–water partition coefficient (Wildman–Crippen LogP) is 5.39. The fourth-order valence-corrected chi connectivity index (χ4v) is 4.70. The molecule has 0 spiro atoms. The Morgan fingerprint density at radius 3 is 2.23 bits per heavy atom. The number of ketones is 1. The zero-order valence-electron chi connectivity index (χ0n) is 22.6. The number of Topliss-reactive ketones (excluding diaryl/α,β-unsaturated/α-hetero) is 1. The first-order valence-corrected chi connectivity index (χ1v) is 13.2. The van der Waals surface area contributed by atoms with E-state index >= 15 is 0 Å². The van der Waals surface area contributed by atoms with E-state index < -0.39 is 23.5 Å². The van der Waals surface area contributed by atoms with Crippen molar-refractivity contribution in [3.8, 4) is 23.0 Å². The van der Waals surface area contributed by atoms with E-state index in [1.54, 1.807) is 56.3 Å². The third-order valence-electron chi connectivity index (χ3n) is 6.51. The van der Waals surface area contributed by atoms with Crippen molar-refractivity contribution in [1.82, 2.24) is 4.90 Å². The number of amides is 1. The normalized spacial score (nSPS) is 16.3. The number of phenols is 1. The molecule has 3 aromatic carbocycles. The maximum atomic E-state index is 13.5. The Labute approximate surface area is 232 Å². The molecule has 0 radical (unpaired) electrons. The minimum absolute atomic E-state index is 0.0981. The van der Waals surface area contributed by atoms with Gasteiger partial charge in [-0.1, -0.05) is 18.2 Å². The van der Waals surface area contributed by atoms with Crippen LogP contribution in [0.25, 0.3) is 5.76 Å². The van der Waals surface area contributed by atoms with E-state index in [0.717, 1.165) is 5.56 Å².